The van der Waals surface area contributed by atoms with E-state index in [0.29, 0.717) is 6.42 Å². The Morgan fingerprint density at radius 1 is 1.46 bits per heavy atom. The van der Waals surface area contributed by atoms with Crippen LogP contribution < -0.4 is 10.6 Å². The zero-order valence-electron chi connectivity index (χ0n) is 8.10. The molecule has 1 heterocycles. The van der Waals surface area contributed by atoms with Gasteiger partial charge in [-0.25, -0.2) is 4.79 Å². The van der Waals surface area contributed by atoms with Gasteiger partial charge in [0, 0.05) is 0 Å². The topological polar surface area (TPSA) is 58.2 Å². The monoisotopic (exact) mass is 182 g/mol. The highest BCUT2D eigenvalue weighted by Gasteiger charge is 2.40. The smallest absolute Gasteiger partial charge is 0.322 e. The molecule has 1 unspecified atom stereocenters. The van der Waals surface area contributed by atoms with Crippen molar-refractivity contribution in [3.8, 4) is 0 Å². The number of carbonyl (C=O) groups is 2. The fourth-order valence-electron chi connectivity index (χ4n) is 1.13. The van der Waals surface area contributed by atoms with Crippen LogP contribution in [0.25, 0.3) is 0 Å². The van der Waals surface area contributed by atoms with E-state index < -0.39 is 11.6 Å². The average molecular weight is 182 g/mol. The number of amides is 3. The van der Waals surface area contributed by atoms with Gasteiger partial charge in [-0.2, -0.15) is 0 Å². The van der Waals surface area contributed by atoms with Crippen LogP contribution in [0.2, 0.25) is 0 Å². The van der Waals surface area contributed by atoms with Crippen LogP contribution in [0, 0.1) is 0 Å². The second kappa shape index (κ2) is 3.20. The van der Waals surface area contributed by atoms with Gasteiger partial charge >= 0.3 is 6.03 Å². The van der Waals surface area contributed by atoms with Crippen LogP contribution in [0.1, 0.15) is 27.2 Å². The van der Waals surface area contributed by atoms with Crippen molar-refractivity contribution < 1.29 is 9.59 Å². The number of nitrogens with one attached hydrogen (secondary N) is 2. The normalized spacial score (nSPS) is 26.7. The first-order valence-corrected chi connectivity index (χ1v) is 4.21. The molecule has 72 valence electrons. The molecular formula is C9H14N2O2. The fourth-order valence-corrected chi connectivity index (χ4v) is 1.13. The number of hydrogen-bond donors (Lipinski definition) is 2. The van der Waals surface area contributed by atoms with E-state index >= 15 is 0 Å². The number of urea groups is 1. The molecule has 0 radical (unpaired) electrons. The van der Waals surface area contributed by atoms with Gasteiger partial charge in [0.1, 0.15) is 5.54 Å². The van der Waals surface area contributed by atoms with Gasteiger partial charge in [0.05, 0.1) is 0 Å². The molecule has 0 spiro atoms. The van der Waals surface area contributed by atoms with Crippen LogP contribution >= 0.6 is 0 Å². The van der Waals surface area contributed by atoms with Crippen molar-refractivity contribution in [3.63, 3.8) is 0 Å². The first-order chi connectivity index (χ1) is 5.94. The van der Waals surface area contributed by atoms with E-state index in [2.05, 4.69) is 10.6 Å². The molecule has 1 aliphatic heterocycles. The van der Waals surface area contributed by atoms with Crippen molar-refractivity contribution in [1.29, 1.82) is 0 Å². The molecule has 0 aromatic carbocycles. The Balaban J connectivity index is 2.71. The molecule has 0 aromatic heterocycles. The van der Waals surface area contributed by atoms with Crippen molar-refractivity contribution in [1.82, 2.24) is 10.6 Å². The van der Waals surface area contributed by atoms with E-state index in [-0.39, 0.29) is 5.91 Å². The minimum atomic E-state index is -0.769. The number of allylic oxidation sites excluding steroid dienone is 1. The van der Waals surface area contributed by atoms with E-state index in [4.69, 9.17) is 0 Å². The summed E-state index contributed by atoms with van der Waals surface area (Å²) in [6, 6.07) is -0.408. The van der Waals surface area contributed by atoms with Crippen LogP contribution in [0.15, 0.2) is 11.6 Å². The molecule has 0 aromatic rings. The minimum Gasteiger partial charge on any atom is -0.323 e. The van der Waals surface area contributed by atoms with E-state index in [1.54, 1.807) is 6.92 Å². The molecule has 1 fully saturated rings. The van der Waals surface area contributed by atoms with Gasteiger partial charge in [-0.05, 0) is 27.2 Å². The van der Waals surface area contributed by atoms with Crippen molar-refractivity contribution in [2.75, 3.05) is 0 Å². The Kier molecular flexibility index (Phi) is 2.40. The van der Waals surface area contributed by atoms with Crippen LogP contribution in [-0.2, 0) is 4.79 Å². The Labute approximate surface area is 77.4 Å². The molecule has 4 heteroatoms. The summed E-state index contributed by atoms with van der Waals surface area (Å²) in [5, 5.41) is 4.80. The van der Waals surface area contributed by atoms with Gasteiger partial charge in [0.25, 0.3) is 5.91 Å². The lowest BCUT2D eigenvalue weighted by Crippen LogP contribution is -2.43. The Morgan fingerprint density at radius 3 is 2.46 bits per heavy atom. The molecule has 13 heavy (non-hydrogen) atoms. The molecule has 1 atom stereocenters. The van der Waals surface area contributed by atoms with Gasteiger partial charge in [-0.1, -0.05) is 11.6 Å². The number of hydrogen-bond acceptors (Lipinski definition) is 2. The summed E-state index contributed by atoms with van der Waals surface area (Å²) in [4.78, 5) is 22.1. The van der Waals surface area contributed by atoms with Crippen LogP contribution in [0.3, 0.4) is 0 Å². The fraction of sp³-hybridized carbons (Fsp3) is 0.556. The van der Waals surface area contributed by atoms with E-state index in [1.165, 1.54) is 0 Å². The quantitative estimate of drug-likeness (QED) is 0.493. The maximum absolute atomic E-state index is 11.3. The van der Waals surface area contributed by atoms with Gasteiger partial charge in [0.2, 0.25) is 0 Å². The highest BCUT2D eigenvalue weighted by Crippen LogP contribution is 2.15. The Morgan fingerprint density at radius 2 is 2.08 bits per heavy atom. The zero-order chi connectivity index (χ0) is 10.1. The highest BCUT2D eigenvalue weighted by molar-refractivity contribution is 6.06. The molecule has 1 rings (SSSR count). The third kappa shape index (κ3) is 2.08. The molecule has 1 aliphatic rings. The second-order valence-electron chi connectivity index (χ2n) is 3.73. The zero-order valence-corrected chi connectivity index (χ0v) is 8.10. The molecular weight excluding hydrogens is 168 g/mol. The van der Waals surface area contributed by atoms with Crippen LogP contribution in [0.4, 0.5) is 4.79 Å². The predicted octanol–water partition coefficient (Wildman–Crippen LogP) is 0.941. The van der Waals surface area contributed by atoms with Crippen molar-refractivity contribution in [2.45, 2.75) is 32.7 Å². The second-order valence-corrected chi connectivity index (χ2v) is 3.73. The number of rotatable bonds is 2. The largest absolute Gasteiger partial charge is 0.323 e. The lowest BCUT2D eigenvalue weighted by molar-refractivity contribution is -0.123. The summed E-state index contributed by atoms with van der Waals surface area (Å²) < 4.78 is 0. The highest BCUT2D eigenvalue weighted by atomic mass is 16.2. The molecule has 0 bridgehead atoms. The van der Waals surface area contributed by atoms with Crippen molar-refractivity contribution in [2.24, 2.45) is 0 Å². The standard InChI is InChI=1S/C9H14N2O2/c1-6(2)4-5-9(3)7(12)10-8(13)11-9/h4H,5H2,1-3H3,(H2,10,11,12,13). The predicted molar refractivity (Wildman–Crippen MR) is 49.1 cm³/mol. The Hall–Kier alpha value is -1.32. The van der Waals surface area contributed by atoms with E-state index in [1.807, 2.05) is 19.9 Å². The lowest BCUT2D eigenvalue weighted by atomic mass is 9.97. The lowest BCUT2D eigenvalue weighted by Gasteiger charge is -2.18. The first kappa shape index (κ1) is 9.77. The molecule has 4 nitrogen and oxygen atoms in total. The average Bonchev–Trinajstić information content (AvgIpc) is 2.23. The van der Waals surface area contributed by atoms with Crippen LogP contribution in [0.5, 0.6) is 0 Å². The Bertz CT molecular complexity index is 279. The van der Waals surface area contributed by atoms with E-state index in [9.17, 15) is 9.59 Å². The molecule has 2 N–H and O–H groups in total. The van der Waals surface area contributed by atoms with Gasteiger partial charge < -0.3 is 5.32 Å². The van der Waals surface area contributed by atoms with Gasteiger partial charge in [-0.15, -0.1) is 0 Å². The molecule has 0 aliphatic carbocycles. The van der Waals surface area contributed by atoms with Crippen LogP contribution in [-0.4, -0.2) is 17.5 Å². The summed E-state index contributed by atoms with van der Waals surface area (Å²) in [6.07, 6.45) is 2.47. The summed E-state index contributed by atoms with van der Waals surface area (Å²) in [5.41, 5.74) is 0.365. The third-order valence-electron chi connectivity index (χ3n) is 2.04. The minimum absolute atomic E-state index is 0.255. The molecule has 0 saturated carbocycles. The third-order valence-corrected chi connectivity index (χ3v) is 2.04. The van der Waals surface area contributed by atoms with Gasteiger partial charge in [-0.3, -0.25) is 10.1 Å². The maximum Gasteiger partial charge on any atom is 0.322 e. The van der Waals surface area contributed by atoms with E-state index in [0.717, 1.165) is 5.57 Å². The summed E-state index contributed by atoms with van der Waals surface area (Å²) in [7, 11) is 0. The van der Waals surface area contributed by atoms with Crippen molar-refractivity contribution in [3.05, 3.63) is 11.6 Å². The van der Waals surface area contributed by atoms with Gasteiger partial charge in [0.15, 0.2) is 0 Å². The van der Waals surface area contributed by atoms with Crippen molar-refractivity contribution >= 4 is 11.9 Å². The summed E-state index contributed by atoms with van der Waals surface area (Å²) >= 11 is 0. The molecule has 1 saturated heterocycles. The number of imide groups is 1. The summed E-state index contributed by atoms with van der Waals surface area (Å²) in [5.74, 6) is -0.255. The molecule has 3 amide bonds. The first-order valence-electron chi connectivity index (χ1n) is 4.21. The number of carbonyl (C=O) groups excluding carboxylic acids is 2. The summed E-state index contributed by atoms with van der Waals surface area (Å²) in [6.45, 7) is 5.63. The maximum atomic E-state index is 11.3. The SMILES string of the molecule is CC(C)=CCC1(C)NC(=O)NC1=O.